The van der Waals surface area contributed by atoms with Crippen LogP contribution in [0.1, 0.15) is 52.0 Å². The van der Waals surface area contributed by atoms with Gasteiger partial charge in [0.05, 0.1) is 19.8 Å². The third-order valence-corrected chi connectivity index (χ3v) is 6.81. The lowest BCUT2D eigenvalue weighted by Gasteiger charge is -2.34. The number of hydrogen-bond acceptors (Lipinski definition) is 6. The first-order valence-corrected chi connectivity index (χ1v) is 12.3. The average Bonchev–Trinajstić information content (AvgIpc) is 2.77. The summed E-state index contributed by atoms with van der Waals surface area (Å²) in [6.45, 7) is 10.9. The summed E-state index contributed by atoms with van der Waals surface area (Å²) >= 11 is 0. The molecule has 0 aliphatic carbocycles. The lowest BCUT2D eigenvalue weighted by molar-refractivity contribution is 0.0657. The molecule has 3 atom stereocenters. The number of aliphatic hydroxyl groups is 1. The molecule has 1 aromatic carbocycles. The Balaban J connectivity index is 1.95. The van der Waals surface area contributed by atoms with Crippen LogP contribution in [0.25, 0.3) is 0 Å². The number of methoxy groups -OCH3 is 2. The predicted molar refractivity (Wildman–Crippen MR) is 130 cm³/mol. The first-order chi connectivity index (χ1) is 15.3. The van der Waals surface area contributed by atoms with Crippen LogP contribution in [0.2, 0.25) is 0 Å². The molecule has 1 fully saturated rings. The van der Waals surface area contributed by atoms with Gasteiger partial charge in [-0.05, 0) is 74.2 Å². The molecule has 0 aromatic heterocycles. The van der Waals surface area contributed by atoms with E-state index < -0.39 is 6.10 Å². The van der Waals surface area contributed by atoms with Crippen LogP contribution in [-0.4, -0.2) is 69.2 Å². The quantitative estimate of drug-likeness (QED) is 0.421. The van der Waals surface area contributed by atoms with E-state index in [9.17, 15) is 5.11 Å². The maximum Gasteiger partial charge on any atom is 0.161 e. The summed E-state index contributed by atoms with van der Waals surface area (Å²) in [5.41, 5.74) is 7.70. The van der Waals surface area contributed by atoms with Gasteiger partial charge in [0.25, 0.3) is 0 Å². The lowest BCUT2D eigenvalue weighted by atomic mass is 9.83. The van der Waals surface area contributed by atoms with Crippen molar-refractivity contribution in [1.29, 1.82) is 0 Å². The van der Waals surface area contributed by atoms with Crippen LogP contribution in [0.5, 0.6) is 11.5 Å². The van der Waals surface area contributed by atoms with Gasteiger partial charge in [0.2, 0.25) is 0 Å². The Morgan fingerprint density at radius 3 is 2.47 bits per heavy atom. The highest BCUT2D eigenvalue weighted by Crippen LogP contribution is 2.31. The molecular formula is C26H46N2O4. The van der Waals surface area contributed by atoms with Crippen molar-refractivity contribution >= 4 is 0 Å². The summed E-state index contributed by atoms with van der Waals surface area (Å²) in [5.74, 6) is 3.16. The fourth-order valence-electron chi connectivity index (χ4n) is 4.39. The number of nitrogens with two attached hydrogens (primary N) is 1. The zero-order chi connectivity index (χ0) is 23.5. The van der Waals surface area contributed by atoms with Crippen molar-refractivity contribution in [3.8, 4) is 11.5 Å². The van der Waals surface area contributed by atoms with Crippen molar-refractivity contribution in [2.75, 3.05) is 47.1 Å². The van der Waals surface area contributed by atoms with Gasteiger partial charge in [-0.1, -0.05) is 26.8 Å². The highest BCUT2D eigenvalue weighted by molar-refractivity contribution is 5.43. The van der Waals surface area contributed by atoms with E-state index in [2.05, 4.69) is 37.8 Å². The number of piperidine rings is 1. The fraction of sp³-hybridized carbons (Fsp3) is 0.769. The Morgan fingerprint density at radius 1 is 1.12 bits per heavy atom. The van der Waals surface area contributed by atoms with Gasteiger partial charge in [-0.25, -0.2) is 0 Å². The van der Waals surface area contributed by atoms with E-state index in [-0.39, 0.29) is 6.04 Å². The fourth-order valence-corrected chi connectivity index (χ4v) is 4.39. The molecule has 2 rings (SSSR count). The maximum atomic E-state index is 10.8. The van der Waals surface area contributed by atoms with Crippen molar-refractivity contribution in [1.82, 2.24) is 4.90 Å². The molecule has 0 spiro atoms. The minimum Gasteiger partial charge on any atom is -0.493 e. The van der Waals surface area contributed by atoms with Crippen LogP contribution in [0.15, 0.2) is 18.2 Å². The molecule has 1 aromatic rings. The Hall–Kier alpha value is -1.34. The summed E-state index contributed by atoms with van der Waals surface area (Å²) in [7, 11) is 3.36. The number of aliphatic hydroxyl groups excluding tert-OH is 1. The molecule has 0 saturated carbocycles. The molecule has 32 heavy (non-hydrogen) atoms. The Labute approximate surface area is 195 Å². The van der Waals surface area contributed by atoms with Gasteiger partial charge in [-0.3, -0.25) is 0 Å². The van der Waals surface area contributed by atoms with Crippen molar-refractivity contribution in [2.45, 2.75) is 65.0 Å². The van der Waals surface area contributed by atoms with E-state index >= 15 is 0 Å². The van der Waals surface area contributed by atoms with Crippen LogP contribution in [0.4, 0.5) is 0 Å². The molecule has 1 heterocycles. The first-order valence-electron chi connectivity index (χ1n) is 12.3. The Kier molecular flexibility index (Phi) is 11.8. The van der Waals surface area contributed by atoms with Crippen molar-refractivity contribution < 1.29 is 19.3 Å². The summed E-state index contributed by atoms with van der Waals surface area (Å²) < 4.78 is 16.5. The second-order valence-corrected chi connectivity index (χ2v) is 9.84. The van der Waals surface area contributed by atoms with Gasteiger partial charge in [-0.15, -0.1) is 0 Å². The predicted octanol–water partition coefficient (Wildman–Crippen LogP) is 3.74. The molecule has 0 amide bonds. The van der Waals surface area contributed by atoms with E-state index in [1.807, 2.05) is 6.07 Å². The van der Waals surface area contributed by atoms with Crippen molar-refractivity contribution in [2.24, 2.45) is 23.5 Å². The maximum absolute atomic E-state index is 10.8. The van der Waals surface area contributed by atoms with E-state index in [1.54, 1.807) is 14.2 Å². The lowest BCUT2D eigenvalue weighted by Crippen LogP contribution is -2.46. The number of likely N-dealkylation sites (tertiary alicyclic amines) is 1. The molecule has 0 radical (unpaired) electrons. The molecule has 3 N–H and O–H groups in total. The highest BCUT2D eigenvalue weighted by Gasteiger charge is 2.26. The third kappa shape index (κ3) is 8.89. The second kappa shape index (κ2) is 14.0. The van der Waals surface area contributed by atoms with E-state index in [0.29, 0.717) is 31.6 Å². The minimum atomic E-state index is -0.486. The van der Waals surface area contributed by atoms with Gasteiger partial charge in [0.1, 0.15) is 0 Å². The molecule has 6 nitrogen and oxygen atoms in total. The highest BCUT2D eigenvalue weighted by atomic mass is 16.5. The number of hydrogen-bond donors (Lipinski definition) is 2. The van der Waals surface area contributed by atoms with Crippen LogP contribution in [0.3, 0.4) is 0 Å². The zero-order valence-corrected chi connectivity index (χ0v) is 20.9. The van der Waals surface area contributed by atoms with Gasteiger partial charge in [0, 0.05) is 32.7 Å². The second-order valence-electron chi connectivity index (χ2n) is 9.84. The molecular weight excluding hydrogens is 404 g/mol. The molecule has 184 valence electrons. The molecule has 1 aliphatic heterocycles. The van der Waals surface area contributed by atoms with Gasteiger partial charge in [0.15, 0.2) is 11.5 Å². The topological polar surface area (TPSA) is 77.2 Å². The van der Waals surface area contributed by atoms with Crippen LogP contribution < -0.4 is 15.2 Å². The largest absolute Gasteiger partial charge is 0.493 e. The van der Waals surface area contributed by atoms with E-state index in [4.69, 9.17) is 19.9 Å². The van der Waals surface area contributed by atoms with Crippen LogP contribution in [-0.2, 0) is 11.2 Å². The molecule has 1 saturated heterocycles. The molecule has 0 unspecified atom stereocenters. The summed E-state index contributed by atoms with van der Waals surface area (Å²) in [6.07, 6.45) is 4.48. The van der Waals surface area contributed by atoms with Crippen molar-refractivity contribution in [3.63, 3.8) is 0 Å². The van der Waals surface area contributed by atoms with E-state index in [1.165, 1.54) is 18.4 Å². The molecule has 6 heteroatoms. The Morgan fingerprint density at radius 2 is 1.84 bits per heavy atom. The smallest absolute Gasteiger partial charge is 0.161 e. The van der Waals surface area contributed by atoms with Gasteiger partial charge < -0.3 is 30.0 Å². The number of ether oxygens (including phenoxy) is 3. The molecule has 1 aliphatic rings. The average molecular weight is 451 g/mol. The minimum absolute atomic E-state index is 0.218. The Bertz CT molecular complexity index is 647. The standard InChI is InChI=1S/C26H46N2O4/c1-19(2)22(17-23(27)24(29)18-28-11-9-20(3)10-12-28)15-21-7-8-25(31-5)26(16-21)32-14-6-13-30-4/h7-8,16,19-20,22-24,29H,6,9-15,17-18,27H2,1-5H3/t22-,23-,24-/m0/s1. The number of benzene rings is 1. The van der Waals surface area contributed by atoms with Crippen LogP contribution in [0, 0.1) is 17.8 Å². The first kappa shape index (κ1) is 26.9. The van der Waals surface area contributed by atoms with Gasteiger partial charge in [-0.2, -0.15) is 0 Å². The van der Waals surface area contributed by atoms with Crippen LogP contribution >= 0.6 is 0 Å². The van der Waals surface area contributed by atoms with Gasteiger partial charge >= 0.3 is 0 Å². The third-order valence-electron chi connectivity index (χ3n) is 6.81. The molecule has 0 bridgehead atoms. The number of nitrogens with zero attached hydrogens (tertiary/aromatic N) is 1. The van der Waals surface area contributed by atoms with Crippen molar-refractivity contribution in [3.05, 3.63) is 23.8 Å². The summed E-state index contributed by atoms with van der Waals surface area (Å²) in [5, 5.41) is 10.8. The SMILES string of the molecule is COCCCOc1cc(C[C@@H](C[C@H](N)[C@@H](O)CN2CCC(C)CC2)C(C)C)ccc1OC. The monoisotopic (exact) mass is 450 g/mol. The zero-order valence-electron chi connectivity index (χ0n) is 20.9. The number of β-amino-alcohol motifs (C(OH)–C–C–N with tert-alkyl or cyclic N) is 1. The normalized spacial score (nSPS) is 18.5. The summed E-state index contributed by atoms with van der Waals surface area (Å²) in [4.78, 5) is 2.37. The summed E-state index contributed by atoms with van der Waals surface area (Å²) in [6, 6.07) is 5.94. The number of rotatable bonds is 14. The van der Waals surface area contributed by atoms with E-state index in [0.717, 1.165) is 49.8 Å².